The van der Waals surface area contributed by atoms with E-state index in [2.05, 4.69) is 95.3 Å². The molecule has 0 spiro atoms. The summed E-state index contributed by atoms with van der Waals surface area (Å²) < 4.78 is 0. The molecule has 0 radical (unpaired) electrons. The summed E-state index contributed by atoms with van der Waals surface area (Å²) in [5.74, 6) is 0.484. The topological polar surface area (TPSA) is 0 Å². The summed E-state index contributed by atoms with van der Waals surface area (Å²) in [4.78, 5) is 0. The highest BCUT2D eigenvalue weighted by Gasteiger charge is 2.05. The van der Waals surface area contributed by atoms with Gasteiger partial charge in [-0.05, 0) is 11.1 Å². The molecule has 0 heteroatoms. The maximum absolute atomic E-state index is 2.24. The Balaban J connectivity index is 0.000000464. The predicted octanol–water partition coefficient (Wildman–Crippen LogP) is 7.45. The Hall–Kier alpha value is -1.56. The smallest absolute Gasteiger partial charge is 0.00610 e. The molecule has 0 heterocycles. The van der Waals surface area contributed by atoms with Crippen molar-refractivity contribution in [1.29, 1.82) is 0 Å². The normalized spacial score (nSPS) is 9.36. The fourth-order valence-electron chi connectivity index (χ4n) is 1.68. The number of hydrogen-bond acceptors (Lipinski definition) is 0. The van der Waals surface area contributed by atoms with Crippen LogP contribution in [0.1, 0.15) is 77.3 Å². The first kappa shape index (κ1) is 20.4. The van der Waals surface area contributed by atoms with Gasteiger partial charge in [0, 0.05) is 5.92 Å². The lowest BCUT2D eigenvalue weighted by Crippen LogP contribution is -1.94. The largest absolute Gasteiger partial charge is 0.0654 e. The van der Waals surface area contributed by atoms with Crippen molar-refractivity contribution in [3.8, 4) is 0 Å². The number of unbranched alkanes of at least 4 members (excludes halogenated alkanes) is 2. The van der Waals surface area contributed by atoms with E-state index in [0.29, 0.717) is 5.92 Å². The molecule has 0 nitrogen and oxygen atoms in total. The highest BCUT2D eigenvalue weighted by Crippen LogP contribution is 2.22. The second-order valence-corrected chi connectivity index (χ2v) is 5.54. The number of benzene rings is 2. The second-order valence-electron chi connectivity index (χ2n) is 5.54. The van der Waals surface area contributed by atoms with E-state index < -0.39 is 0 Å². The molecule has 2 aromatic rings. The van der Waals surface area contributed by atoms with Gasteiger partial charge in [0.15, 0.2) is 0 Å². The summed E-state index contributed by atoms with van der Waals surface area (Å²) in [6.45, 7) is 11.0. The van der Waals surface area contributed by atoms with E-state index in [1.165, 1.54) is 36.8 Å². The van der Waals surface area contributed by atoms with Gasteiger partial charge in [-0.25, -0.2) is 0 Å². The highest BCUT2D eigenvalue weighted by atomic mass is 14.1. The summed E-state index contributed by atoms with van der Waals surface area (Å²) in [6.07, 6.45) is 5.28. The molecule has 0 aliphatic carbocycles. The molecule has 0 aliphatic rings. The van der Waals surface area contributed by atoms with Gasteiger partial charge in [-0.15, -0.1) is 0 Å². The van der Waals surface area contributed by atoms with Crippen LogP contribution in [0.5, 0.6) is 0 Å². The van der Waals surface area contributed by atoms with Crippen LogP contribution in [0, 0.1) is 0 Å². The van der Waals surface area contributed by atoms with Gasteiger partial charge in [-0.1, -0.05) is 121 Å². The number of hydrogen-bond donors (Lipinski definition) is 0. The third kappa shape index (κ3) is 9.39. The van der Waals surface area contributed by atoms with Gasteiger partial charge < -0.3 is 0 Å². The van der Waals surface area contributed by atoms with Gasteiger partial charge >= 0.3 is 0 Å². The van der Waals surface area contributed by atoms with E-state index in [-0.39, 0.29) is 0 Å². The Morgan fingerprint density at radius 2 is 0.818 bits per heavy atom. The SMILES string of the molecule is CC(c1ccccc1)c1ccccc1.CCCC.CCCC. The number of rotatable bonds is 4. The molecule has 0 aliphatic heterocycles. The van der Waals surface area contributed by atoms with Crippen LogP contribution in [0.2, 0.25) is 0 Å². The minimum absolute atomic E-state index is 0.484. The summed E-state index contributed by atoms with van der Waals surface area (Å²) in [6, 6.07) is 21.2. The van der Waals surface area contributed by atoms with E-state index in [4.69, 9.17) is 0 Å². The minimum Gasteiger partial charge on any atom is -0.0654 e. The lowest BCUT2D eigenvalue weighted by atomic mass is 9.93. The van der Waals surface area contributed by atoms with Crippen molar-refractivity contribution in [1.82, 2.24) is 0 Å². The molecule has 0 saturated heterocycles. The fourth-order valence-corrected chi connectivity index (χ4v) is 1.68. The maximum Gasteiger partial charge on any atom is 0.00610 e. The Kier molecular flexibility index (Phi) is 13.4. The molecule has 0 unspecified atom stereocenters. The standard InChI is InChI=1S/C14H14.2C4H10/c1-12(13-8-4-2-5-9-13)14-10-6-3-7-11-14;2*1-3-4-2/h2-12H,1H3;2*3-4H2,1-2H3. The third-order valence-corrected chi connectivity index (χ3v) is 3.60. The van der Waals surface area contributed by atoms with E-state index in [9.17, 15) is 0 Å². The zero-order chi connectivity index (χ0) is 16.6. The first-order valence-corrected chi connectivity index (χ1v) is 8.80. The average Bonchev–Trinajstić information content (AvgIpc) is 2.63. The molecular weight excluding hydrogens is 264 g/mol. The van der Waals surface area contributed by atoms with Crippen LogP contribution >= 0.6 is 0 Å². The van der Waals surface area contributed by atoms with Crippen molar-refractivity contribution in [2.45, 2.75) is 66.2 Å². The van der Waals surface area contributed by atoms with Crippen LogP contribution in [-0.4, -0.2) is 0 Å². The first-order valence-electron chi connectivity index (χ1n) is 8.80. The quantitative estimate of drug-likeness (QED) is 0.549. The van der Waals surface area contributed by atoms with Crippen LogP contribution in [0.25, 0.3) is 0 Å². The molecule has 0 fully saturated rings. The van der Waals surface area contributed by atoms with Crippen molar-refractivity contribution in [2.75, 3.05) is 0 Å². The van der Waals surface area contributed by atoms with Crippen molar-refractivity contribution in [2.24, 2.45) is 0 Å². The Labute approximate surface area is 138 Å². The second kappa shape index (κ2) is 14.4. The van der Waals surface area contributed by atoms with Crippen LogP contribution in [0.3, 0.4) is 0 Å². The first-order chi connectivity index (χ1) is 10.7. The van der Waals surface area contributed by atoms with E-state index >= 15 is 0 Å². The van der Waals surface area contributed by atoms with Gasteiger partial charge in [0.25, 0.3) is 0 Å². The van der Waals surface area contributed by atoms with Crippen molar-refractivity contribution < 1.29 is 0 Å². The molecule has 2 rings (SSSR count). The van der Waals surface area contributed by atoms with Gasteiger partial charge in [0.2, 0.25) is 0 Å². The van der Waals surface area contributed by atoms with Gasteiger partial charge in [0.1, 0.15) is 0 Å². The Morgan fingerprint density at radius 3 is 1.05 bits per heavy atom. The van der Waals surface area contributed by atoms with E-state index in [1.54, 1.807) is 0 Å². The predicted molar refractivity (Wildman–Crippen MR) is 102 cm³/mol. The molecular formula is C22H34. The van der Waals surface area contributed by atoms with Crippen molar-refractivity contribution >= 4 is 0 Å². The average molecular weight is 299 g/mol. The molecule has 0 bridgehead atoms. The highest BCUT2D eigenvalue weighted by molar-refractivity contribution is 5.31. The molecule has 0 saturated carbocycles. The summed E-state index contributed by atoms with van der Waals surface area (Å²) >= 11 is 0. The lowest BCUT2D eigenvalue weighted by molar-refractivity contribution is 0.886. The molecule has 0 N–H and O–H groups in total. The molecule has 0 amide bonds. The van der Waals surface area contributed by atoms with Crippen LogP contribution in [0.4, 0.5) is 0 Å². The molecule has 122 valence electrons. The van der Waals surface area contributed by atoms with Crippen molar-refractivity contribution in [3.05, 3.63) is 71.8 Å². The van der Waals surface area contributed by atoms with Crippen LogP contribution in [0.15, 0.2) is 60.7 Å². The summed E-state index contributed by atoms with van der Waals surface area (Å²) in [5, 5.41) is 0. The Morgan fingerprint density at radius 1 is 0.545 bits per heavy atom. The molecule has 2 aromatic carbocycles. The van der Waals surface area contributed by atoms with Gasteiger partial charge in [-0.2, -0.15) is 0 Å². The van der Waals surface area contributed by atoms with E-state index in [1.807, 2.05) is 0 Å². The lowest BCUT2D eigenvalue weighted by Gasteiger charge is -2.11. The van der Waals surface area contributed by atoms with Gasteiger partial charge in [0.05, 0.1) is 0 Å². The molecule has 22 heavy (non-hydrogen) atoms. The third-order valence-electron chi connectivity index (χ3n) is 3.60. The van der Waals surface area contributed by atoms with Crippen LogP contribution in [-0.2, 0) is 0 Å². The fraction of sp³-hybridized carbons (Fsp3) is 0.455. The monoisotopic (exact) mass is 298 g/mol. The molecule has 0 atom stereocenters. The van der Waals surface area contributed by atoms with Crippen LogP contribution < -0.4 is 0 Å². The van der Waals surface area contributed by atoms with Gasteiger partial charge in [-0.3, -0.25) is 0 Å². The summed E-state index contributed by atoms with van der Waals surface area (Å²) in [5.41, 5.74) is 2.75. The zero-order valence-electron chi connectivity index (χ0n) is 15.2. The summed E-state index contributed by atoms with van der Waals surface area (Å²) in [7, 11) is 0. The van der Waals surface area contributed by atoms with E-state index in [0.717, 1.165) is 0 Å². The zero-order valence-corrected chi connectivity index (χ0v) is 15.2. The van der Waals surface area contributed by atoms with Crippen molar-refractivity contribution in [3.63, 3.8) is 0 Å². The minimum atomic E-state index is 0.484. The molecule has 0 aromatic heterocycles. The Bertz CT molecular complexity index is 383. The maximum atomic E-state index is 2.24.